The Morgan fingerprint density at radius 3 is 2.39 bits per heavy atom. The maximum atomic E-state index is 14.4. The third kappa shape index (κ3) is 7.03. The first-order chi connectivity index (χ1) is 17.2. The predicted molar refractivity (Wildman–Crippen MR) is 141 cm³/mol. The van der Waals surface area contributed by atoms with Crippen molar-refractivity contribution in [2.45, 2.75) is 65.5 Å². The van der Waals surface area contributed by atoms with Gasteiger partial charge in [0.2, 0.25) is 5.88 Å². The Morgan fingerprint density at radius 2 is 1.67 bits per heavy atom. The normalized spacial score (nSPS) is 16.0. The lowest BCUT2D eigenvalue weighted by Crippen LogP contribution is -2.43. The number of aryl methyl sites for hydroxylation is 2. The molecule has 0 saturated carbocycles. The van der Waals surface area contributed by atoms with Gasteiger partial charge in [-0.1, -0.05) is 36.4 Å². The summed E-state index contributed by atoms with van der Waals surface area (Å²) in [6, 6.07) is 15.2. The van der Waals surface area contributed by atoms with Gasteiger partial charge in [-0.15, -0.1) is 0 Å². The summed E-state index contributed by atoms with van der Waals surface area (Å²) in [5.74, 6) is 1.40. The molecule has 0 amide bonds. The molecule has 1 aliphatic rings. The number of hydrogen-bond acceptors (Lipinski definition) is 5. The highest BCUT2D eigenvalue weighted by atomic mass is 19.1. The Bertz CT molecular complexity index is 1090. The molecule has 1 aliphatic heterocycles. The standard InChI is InChI=1S/C30H38FN3O2/c1-23-9-5-8-12-27(23)35-22-30(14-13-24-10-6-7-11-25(24)31)15-19-34(20-16-30)21-26-28(33-18-17-32-26)36-29(2,3)4/h5-12,17-18H,13-16,19-22H2,1-4H3. The highest BCUT2D eigenvalue weighted by Crippen LogP contribution is 2.38. The van der Waals surface area contributed by atoms with Crippen molar-refractivity contribution in [3.05, 3.63) is 83.6 Å². The molecule has 1 saturated heterocycles. The Kier molecular flexibility index (Phi) is 8.24. The van der Waals surface area contributed by atoms with Gasteiger partial charge in [-0.25, -0.2) is 9.37 Å². The summed E-state index contributed by atoms with van der Waals surface area (Å²) in [7, 11) is 0. The molecule has 3 aromatic rings. The maximum Gasteiger partial charge on any atom is 0.237 e. The minimum atomic E-state index is -0.332. The van der Waals surface area contributed by atoms with Crippen molar-refractivity contribution in [1.82, 2.24) is 14.9 Å². The third-order valence-corrected chi connectivity index (χ3v) is 6.94. The molecule has 0 aliphatic carbocycles. The molecule has 0 bridgehead atoms. The van der Waals surface area contributed by atoms with Crippen molar-refractivity contribution in [1.29, 1.82) is 0 Å². The smallest absolute Gasteiger partial charge is 0.237 e. The highest BCUT2D eigenvalue weighted by molar-refractivity contribution is 5.31. The van der Waals surface area contributed by atoms with E-state index in [-0.39, 0.29) is 16.8 Å². The van der Waals surface area contributed by atoms with E-state index >= 15 is 0 Å². The van der Waals surface area contributed by atoms with E-state index in [1.807, 2.05) is 51.1 Å². The lowest BCUT2D eigenvalue weighted by molar-refractivity contribution is 0.0422. The number of benzene rings is 2. The van der Waals surface area contributed by atoms with Crippen molar-refractivity contribution < 1.29 is 13.9 Å². The molecule has 36 heavy (non-hydrogen) atoms. The first-order valence-corrected chi connectivity index (χ1v) is 12.9. The van der Waals surface area contributed by atoms with Crippen LogP contribution >= 0.6 is 0 Å². The van der Waals surface area contributed by atoms with Crippen LogP contribution in [0.3, 0.4) is 0 Å². The van der Waals surface area contributed by atoms with E-state index in [4.69, 9.17) is 9.47 Å². The second kappa shape index (κ2) is 11.4. The zero-order chi connectivity index (χ0) is 25.6. The van der Waals surface area contributed by atoms with Crippen LogP contribution in [0, 0.1) is 18.2 Å². The number of piperidine rings is 1. The van der Waals surface area contributed by atoms with Gasteiger partial charge in [-0.2, -0.15) is 0 Å². The molecule has 0 unspecified atom stereocenters. The van der Waals surface area contributed by atoms with Crippen LogP contribution in [0.2, 0.25) is 0 Å². The van der Waals surface area contributed by atoms with Gasteiger partial charge in [0, 0.05) is 24.4 Å². The van der Waals surface area contributed by atoms with Gasteiger partial charge in [0.15, 0.2) is 0 Å². The second-order valence-corrected chi connectivity index (χ2v) is 10.9. The fraction of sp³-hybridized carbons (Fsp3) is 0.467. The zero-order valence-corrected chi connectivity index (χ0v) is 22.0. The second-order valence-electron chi connectivity index (χ2n) is 10.9. The Morgan fingerprint density at radius 1 is 0.972 bits per heavy atom. The molecular formula is C30H38FN3O2. The quantitative estimate of drug-likeness (QED) is 0.347. The van der Waals surface area contributed by atoms with Gasteiger partial charge < -0.3 is 9.47 Å². The molecule has 192 valence electrons. The van der Waals surface area contributed by atoms with Crippen LogP contribution in [0.25, 0.3) is 0 Å². The lowest BCUT2D eigenvalue weighted by Gasteiger charge is -2.42. The van der Waals surface area contributed by atoms with Gasteiger partial charge in [0.25, 0.3) is 0 Å². The number of likely N-dealkylation sites (tertiary alicyclic amines) is 1. The van der Waals surface area contributed by atoms with Crippen LogP contribution in [-0.2, 0) is 13.0 Å². The molecule has 5 nitrogen and oxygen atoms in total. The minimum Gasteiger partial charge on any atom is -0.493 e. The summed E-state index contributed by atoms with van der Waals surface area (Å²) >= 11 is 0. The summed E-state index contributed by atoms with van der Waals surface area (Å²) in [4.78, 5) is 11.4. The van der Waals surface area contributed by atoms with E-state index in [1.165, 1.54) is 0 Å². The summed E-state index contributed by atoms with van der Waals surface area (Å²) in [6.45, 7) is 11.3. The number of ether oxygens (including phenoxy) is 2. The topological polar surface area (TPSA) is 47.5 Å². The van der Waals surface area contributed by atoms with E-state index < -0.39 is 0 Å². The SMILES string of the molecule is Cc1ccccc1OCC1(CCc2ccccc2F)CCN(Cc2nccnc2OC(C)(C)C)CC1. The first kappa shape index (κ1) is 26.1. The summed E-state index contributed by atoms with van der Waals surface area (Å²) in [5, 5.41) is 0. The lowest BCUT2D eigenvalue weighted by atomic mass is 9.74. The van der Waals surface area contributed by atoms with E-state index in [2.05, 4.69) is 27.9 Å². The number of halogens is 1. The van der Waals surface area contributed by atoms with Crippen molar-refractivity contribution in [2.75, 3.05) is 19.7 Å². The molecule has 6 heteroatoms. The fourth-order valence-corrected chi connectivity index (χ4v) is 4.75. The van der Waals surface area contributed by atoms with Crippen molar-refractivity contribution in [3.8, 4) is 11.6 Å². The molecule has 0 spiro atoms. The van der Waals surface area contributed by atoms with Crippen molar-refractivity contribution in [2.24, 2.45) is 5.41 Å². The van der Waals surface area contributed by atoms with E-state index in [0.29, 0.717) is 25.5 Å². The van der Waals surface area contributed by atoms with Gasteiger partial charge in [0.1, 0.15) is 22.9 Å². The zero-order valence-electron chi connectivity index (χ0n) is 22.0. The number of hydrogen-bond donors (Lipinski definition) is 0. The first-order valence-electron chi connectivity index (χ1n) is 12.9. The molecule has 1 fully saturated rings. The summed E-state index contributed by atoms with van der Waals surface area (Å²) in [6.07, 6.45) is 6.95. The van der Waals surface area contributed by atoms with Crippen LogP contribution in [-0.4, -0.2) is 40.2 Å². The van der Waals surface area contributed by atoms with Gasteiger partial charge >= 0.3 is 0 Å². The summed E-state index contributed by atoms with van der Waals surface area (Å²) < 4.78 is 26.8. The van der Waals surface area contributed by atoms with Crippen molar-refractivity contribution >= 4 is 0 Å². The molecule has 0 radical (unpaired) electrons. The fourth-order valence-electron chi connectivity index (χ4n) is 4.75. The maximum absolute atomic E-state index is 14.4. The van der Waals surface area contributed by atoms with Gasteiger partial charge in [-0.05, 0) is 89.7 Å². The number of rotatable bonds is 9. The monoisotopic (exact) mass is 491 g/mol. The molecular weight excluding hydrogens is 453 g/mol. The molecule has 1 aromatic heterocycles. The average molecular weight is 492 g/mol. The van der Waals surface area contributed by atoms with Gasteiger partial charge in [-0.3, -0.25) is 9.88 Å². The van der Waals surface area contributed by atoms with Crippen LogP contribution < -0.4 is 9.47 Å². The largest absolute Gasteiger partial charge is 0.493 e. The van der Waals surface area contributed by atoms with Crippen LogP contribution in [0.1, 0.15) is 56.9 Å². The number of para-hydroxylation sites is 1. The number of nitrogens with zero attached hydrogens (tertiary/aromatic N) is 3. The van der Waals surface area contributed by atoms with E-state index in [0.717, 1.165) is 54.9 Å². The van der Waals surface area contributed by atoms with Crippen molar-refractivity contribution in [3.63, 3.8) is 0 Å². The molecule has 4 rings (SSSR count). The van der Waals surface area contributed by atoms with E-state index in [1.54, 1.807) is 24.5 Å². The van der Waals surface area contributed by atoms with Crippen LogP contribution in [0.4, 0.5) is 4.39 Å². The summed E-state index contributed by atoms with van der Waals surface area (Å²) in [5.41, 5.74) is 2.42. The minimum absolute atomic E-state index is 0.0197. The predicted octanol–water partition coefficient (Wildman–Crippen LogP) is 6.40. The van der Waals surface area contributed by atoms with E-state index in [9.17, 15) is 4.39 Å². The Balaban J connectivity index is 1.45. The molecule has 0 N–H and O–H groups in total. The van der Waals surface area contributed by atoms with Crippen LogP contribution in [0.15, 0.2) is 60.9 Å². The molecule has 2 heterocycles. The number of aromatic nitrogens is 2. The molecule has 2 aromatic carbocycles. The highest BCUT2D eigenvalue weighted by Gasteiger charge is 2.36. The van der Waals surface area contributed by atoms with Crippen LogP contribution in [0.5, 0.6) is 11.6 Å². The average Bonchev–Trinajstić information content (AvgIpc) is 2.85. The molecule has 0 atom stereocenters. The Labute approximate surface area is 214 Å². The van der Waals surface area contributed by atoms with Gasteiger partial charge in [0.05, 0.1) is 6.61 Å². The Hall–Kier alpha value is -2.99. The third-order valence-electron chi connectivity index (χ3n) is 6.94.